The van der Waals surface area contributed by atoms with Crippen molar-refractivity contribution >= 4 is 29.6 Å². The maximum Gasteiger partial charge on any atom is 0.409 e. The highest BCUT2D eigenvalue weighted by molar-refractivity contribution is 6.33. The molecule has 2 aliphatic heterocycles. The van der Waals surface area contributed by atoms with Gasteiger partial charge in [-0.05, 0) is 47.2 Å². The molecule has 50 heavy (non-hydrogen) atoms. The molecule has 6 rings (SSSR count). The monoisotopic (exact) mass is 709 g/mol. The van der Waals surface area contributed by atoms with Gasteiger partial charge in [-0.3, -0.25) is 19.8 Å². The number of aromatic nitrogens is 5. The van der Waals surface area contributed by atoms with E-state index in [4.69, 9.17) is 26.8 Å². The number of aromatic amines is 1. The summed E-state index contributed by atoms with van der Waals surface area (Å²) in [6, 6.07) is 10.6. The number of nitrogens with one attached hydrogen (secondary N) is 1. The van der Waals surface area contributed by atoms with Crippen molar-refractivity contribution in [2.45, 2.75) is 39.8 Å². The summed E-state index contributed by atoms with van der Waals surface area (Å²) in [5.74, 6) is -0.200. The third kappa shape index (κ3) is 7.63. The molecule has 4 heterocycles. The van der Waals surface area contributed by atoms with Gasteiger partial charge >= 0.3 is 12.6 Å². The Morgan fingerprint density at radius 3 is 2.50 bits per heavy atom. The number of guanidine groups is 1. The molecular formula is C34H38ClF2N9O4. The lowest BCUT2D eigenvalue weighted by molar-refractivity contribution is -0.180. The molecule has 0 radical (unpaired) electrons. The van der Waals surface area contributed by atoms with Crippen molar-refractivity contribution in [3.63, 3.8) is 0 Å². The van der Waals surface area contributed by atoms with E-state index in [2.05, 4.69) is 46.0 Å². The number of nitrogens with two attached hydrogens (primary N) is 1. The second-order valence-electron chi connectivity index (χ2n) is 13.8. The zero-order valence-corrected chi connectivity index (χ0v) is 28.6. The van der Waals surface area contributed by atoms with Gasteiger partial charge < -0.3 is 20.1 Å². The van der Waals surface area contributed by atoms with Crippen LogP contribution in [-0.2, 0) is 9.47 Å². The van der Waals surface area contributed by atoms with E-state index in [-0.39, 0.29) is 29.0 Å². The first-order valence-corrected chi connectivity index (χ1v) is 16.4. The fourth-order valence-corrected chi connectivity index (χ4v) is 6.03. The summed E-state index contributed by atoms with van der Waals surface area (Å²) >= 11 is 6.56. The van der Waals surface area contributed by atoms with Crippen LogP contribution in [0.4, 0.5) is 13.6 Å². The lowest BCUT2D eigenvalue weighted by Crippen LogP contribution is -2.67. The molecule has 2 aliphatic rings. The number of likely N-dealkylation sites (tertiary alicyclic amines) is 1. The van der Waals surface area contributed by atoms with E-state index in [1.165, 1.54) is 23.6 Å². The first-order valence-electron chi connectivity index (χ1n) is 16.0. The minimum atomic E-state index is -2.78. The number of ether oxygens (including phenoxy) is 2. The van der Waals surface area contributed by atoms with E-state index in [9.17, 15) is 18.4 Å². The van der Waals surface area contributed by atoms with E-state index >= 15 is 0 Å². The van der Waals surface area contributed by atoms with Gasteiger partial charge in [-0.2, -0.15) is 19.0 Å². The predicted octanol–water partition coefficient (Wildman–Crippen LogP) is 5.79. The molecule has 0 unspecified atom stereocenters. The molecule has 1 atom stereocenters. The number of aliphatic imine (C=N–C) groups is 1. The molecule has 2 aromatic heterocycles. The second kappa shape index (κ2) is 14.2. The van der Waals surface area contributed by atoms with Gasteiger partial charge in [0.15, 0.2) is 11.8 Å². The summed E-state index contributed by atoms with van der Waals surface area (Å²) in [6.45, 7) is 5.77. The van der Waals surface area contributed by atoms with Crippen LogP contribution in [0.15, 0.2) is 66.2 Å². The Balaban J connectivity index is 1.35. The summed E-state index contributed by atoms with van der Waals surface area (Å²) in [5.41, 5.74) is 8.91. The SMILES string of the molecule is CC(C)(C)CCN=C(N)N(C(=O)c1ccc(-c2cnn(C(F)F)c2)cc1)[C@H](COC(=O)N1CC2(COC2)C1)c1ccc(Cl)c(-c2ncn[nH]2)c1. The molecule has 2 amide bonds. The van der Waals surface area contributed by atoms with Crippen LogP contribution in [0.25, 0.3) is 22.5 Å². The van der Waals surface area contributed by atoms with Crippen molar-refractivity contribution in [2.75, 3.05) is 39.5 Å². The maximum atomic E-state index is 14.5. The molecule has 264 valence electrons. The number of H-pyrrole nitrogens is 1. The van der Waals surface area contributed by atoms with Crippen LogP contribution in [-0.4, -0.2) is 92.2 Å². The Bertz CT molecular complexity index is 1850. The lowest BCUT2D eigenvalue weighted by Gasteiger charge is -2.54. The van der Waals surface area contributed by atoms with Crippen LogP contribution in [0.5, 0.6) is 0 Å². The molecule has 0 aliphatic carbocycles. The normalized spacial score (nSPS) is 16.2. The first-order chi connectivity index (χ1) is 23.8. The van der Waals surface area contributed by atoms with Gasteiger partial charge in [0.1, 0.15) is 12.9 Å². The Labute approximate surface area is 292 Å². The van der Waals surface area contributed by atoms with E-state index in [1.54, 1.807) is 47.4 Å². The molecule has 2 fully saturated rings. The molecule has 13 nitrogen and oxygen atoms in total. The number of alkyl halides is 2. The van der Waals surface area contributed by atoms with Crippen LogP contribution < -0.4 is 5.73 Å². The number of hydrogen-bond donors (Lipinski definition) is 2. The lowest BCUT2D eigenvalue weighted by atomic mass is 9.78. The molecule has 4 aromatic rings. The molecule has 2 aromatic carbocycles. The Kier molecular flexibility index (Phi) is 9.89. The number of halogens is 3. The smallest absolute Gasteiger partial charge is 0.409 e. The van der Waals surface area contributed by atoms with Gasteiger partial charge in [-0.25, -0.2) is 14.5 Å². The quantitative estimate of drug-likeness (QED) is 0.155. The van der Waals surface area contributed by atoms with Crippen LogP contribution >= 0.6 is 11.6 Å². The molecule has 16 heteroatoms. The number of hydrogen-bond acceptors (Lipinski definition) is 8. The van der Waals surface area contributed by atoms with Crippen molar-refractivity contribution in [3.8, 4) is 22.5 Å². The first kappa shape index (κ1) is 35.0. The zero-order chi connectivity index (χ0) is 35.6. The predicted molar refractivity (Wildman–Crippen MR) is 181 cm³/mol. The minimum Gasteiger partial charge on any atom is -0.447 e. The van der Waals surface area contributed by atoms with Crippen molar-refractivity contribution in [2.24, 2.45) is 21.6 Å². The molecule has 3 N–H and O–H groups in total. The fourth-order valence-electron chi connectivity index (χ4n) is 5.82. The summed E-state index contributed by atoms with van der Waals surface area (Å²) in [7, 11) is 0. The molecule has 0 bridgehead atoms. The van der Waals surface area contributed by atoms with Gasteiger partial charge in [-0.1, -0.05) is 50.6 Å². The number of benzene rings is 2. The topological polar surface area (TPSA) is 157 Å². The minimum absolute atomic E-state index is 0.0168. The largest absolute Gasteiger partial charge is 0.447 e. The summed E-state index contributed by atoms with van der Waals surface area (Å²) in [6.07, 6.45) is 4.06. The van der Waals surface area contributed by atoms with E-state index in [1.807, 2.05) is 0 Å². The fraction of sp³-hybridized carbons (Fsp3) is 0.412. The number of amides is 2. The van der Waals surface area contributed by atoms with Gasteiger partial charge in [0.05, 0.1) is 35.9 Å². The van der Waals surface area contributed by atoms with Crippen LogP contribution in [0.1, 0.15) is 55.7 Å². The molecule has 0 saturated carbocycles. The van der Waals surface area contributed by atoms with Crippen molar-refractivity contribution in [1.82, 2.24) is 34.8 Å². The van der Waals surface area contributed by atoms with Gasteiger partial charge in [0.25, 0.3) is 5.91 Å². The van der Waals surface area contributed by atoms with Crippen molar-refractivity contribution < 1.29 is 27.8 Å². The average Bonchev–Trinajstić information content (AvgIpc) is 3.75. The number of carbonyl (C=O) groups excluding carboxylic acids is 2. The van der Waals surface area contributed by atoms with Gasteiger partial charge in [0.2, 0.25) is 0 Å². The van der Waals surface area contributed by atoms with Crippen LogP contribution in [0, 0.1) is 10.8 Å². The summed E-state index contributed by atoms with van der Waals surface area (Å²) in [4.78, 5) is 39.5. The zero-order valence-electron chi connectivity index (χ0n) is 27.9. The Morgan fingerprint density at radius 2 is 1.90 bits per heavy atom. The van der Waals surface area contributed by atoms with Crippen molar-refractivity contribution in [3.05, 3.63) is 77.3 Å². The van der Waals surface area contributed by atoms with E-state index < -0.39 is 24.6 Å². The molecule has 1 spiro atoms. The van der Waals surface area contributed by atoms with Gasteiger partial charge in [0, 0.05) is 42.5 Å². The molecular weight excluding hydrogens is 672 g/mol. The number of nitrogens with zero attached hydrogens (tertiary/aromatic N) is 7. The van der Waals surface area contributed by atoms with Crippen LogP contribution in [0.2, 0.25) is 5.02 Å². The third-order valence-electron chi connectivity index (χ3n) is 8.72. The summed E-state index contributed by atoms with van der Waals surface area (Å²) in [5, 5.41) is 10.8. The number of carbonyl (C=O) groups is 2. The summed E-state index contributed by atoms with van der Waals surface area (Å²) < 4.78 is 38.0. The highest BCUT2D eigenvalue weighted by atomic mass is 35.5. The second-order valence-corrected chi connectivity index (χ2v) is 14.2. The van der Waals surface area contributed by atoms with Crippen molar-refractivity contribution in [1.29, 1.82) is 0 Å². The number of rotatable bonds is 10. The van der Waals surface area contributed by atoms with E-state index in [0.29, 0.717) is 77.1 Å². The Morgan fingerprint density at radius 1 is 1.16 bits per heavy atom. The Hall–Kier alpha value is -4.89. The van der Waals surface area contributed by atoms with E-state index in [0.717, 1.165) is 0 Å². The van der Waals surface area contributed by atoms with Crippen LogP contribution in [0.3, 0.4) is 0 Å². The highest BCUT2D eigenvalue weighted by Gasteiger charge is 2.51. The standard InChI is InChI=1S/C34H38ClF2N9O4/c1-33(2,3)10-11-39-31(38)46(29(47)22-6-4-21(5-7-22)24-13-42-45(14-24)30(36)37)27(15-50-32(48)44-16-34(17-44)18-49-19-34)23-8-9-26(35)25(12-23)28-40-20-41-43-28/h4-9,12-14,20,27,30H,10-11,15-19H2,1-3H3,(H2,38,39)(H,40,41,43)/t27-/m1/s1. The highest BCUT2D eigenvalue weighted by Crippen LogP contribution is 2.38. The van der Waals surface area contributed by atoms with Gasteiger partial charge in [-0.15, -0.1) is 0 Å². The molecule has 2 saturated heterocycles. The average molecular weight is 710 g/mol. The maximum absolute atomic E-state index is 14.5. The third-order valence-corrected chi connectivity index (χ3v) is 9.05.